The SMILES string of the molecule is CC/C(C#N)=C(/N)c1ccc(OC(F)(F)F)cc1. The van der Waals surface area contributed by atoms with Crippen LogP contribution in [-0.2, 0) is 0 Å². The van der Waals surface area contributed by atoms with Crippen LogP contribution in [0.3, 0.4) is 0 Å². The molecule has 0 aliphatic rings. The Bertz CT molecular complexity index is 484. The molecule has 1 rings (SSSR count). The third-order valence-electron chi connectivity index (χ3n) is 2.21. The molecule has 0 atom stereocenters. The molecule has 0 saturated heterocycles. The first kappa shape index (κ1) is 13.9. The lowest BCUT2D eigenvalue weighted by molar-refractivity contribution is -0.274. The van der Waals surface area contributed by atoms with E-state index in [1.165, 1.54) is 12.1 Å². The highest BCUT2D eigenvalue weighted by Crippen LogP contribution is 2.24. The molecule has 18 heavy (non-hydrogen) atoms. The zero-order valence-corrected chi connectivity index (χ0v) is 9.58. The second kappa shape index (κ2) is 5.45. The lowest BCUT2D eigenvalue weighted by atomic mass is 10.1. The summed E-state index contributed by atoms with van der Waals surface area (Å²) in [5.74, 6) is -0.325. The van der Waals surface area contributed by atoms with Crippen molar-refractivity contribution >= 4 is 5.70 Å². The highest BCUT2D eigenvalue weighted by Gasteiger charge is 2.30. The smallest absolute Gasteiger partial charge is 0.406 e. The van der Waals surface area contributed by atoms with Crippen LogP contribution >= 0.6 is 0 Å². The molecule has 0 radical (unpaired) electrons. The summed E-state index contributed by atoms with van der Waals surface area (Å²) in [4.78, 5) is 0. The van der Waals surface area contributed by atoms with Gasteiger partial charge < -0.3 is 10.5 Å². The molecule has 0 aromatic heterocycles. The Balaban J connectivity index is 2.97. The van der Waals surface area contributed by atoms with Gasteiger partial charge in [0.1, 0.15) is 5.75 Å². The number of hydrogen-bond donors (Lipinski definition) is 1. The minimum atomic E-state index is -4.72. The van der Waals surface area contributed by atoms with Crippen molar-refractivity contribution in [1.82, 2.24) is 0 Å². The number of nitrogens with two attached hydrogens (primary N) is 1. The fraction of sp³-hybridized carbons (Fsp3) is 0.250. The van der Waals surface area contributed by atoms with E-state index in [2.05, 4.69) is 4.74 Å². The Morgan fingerprint density at radius 3 is 2.28 bits per heavy atom. The van der Waals surface area contributed by atoms with Crippen molar-refractivity contribution < 1.29 is 17.9 Å². The van der Waals surface area contributed by atoms with Gasteiger partial charge in [-0.2, -0.15) is 5.26 Å². The van der Waals surface area contributed by atoms with E-state index >= 15 is 0 Å². The maximum Gasteiger partial charge on any atom is 0.573 e. The van der Waals surface area contributed by atoms with Gasteiger partial charge in [-0.05, 0) is 36.2 Å². The molecule has 0 saturated carbocycles. The summed E-state index contributed by atoms with van der Waals surface area (Å²) < 4.78 is 39.5. The minimum absolute atomic E-state index is 0.263. The number of alkyl halides is 3. The molecule has 0 spiro atoms. The summed E-state index contributed by atoms with van der Waals surface area (Å²) in [7, 11) is 0. The third-order valence-corrected chi connectivity index (χ3v) is 2.21. The molecule has 1 aromatic rings. The molecular weight excluding hydrogens is 245 g/mol. The van der Waals surface area contributed by atoms with E-state index in [1.807, 2.05) is 6.07 Å². The van der Waals surface area contributed by atoms with E-state index in [4.69, 9.17) is 11.0 Å². The molecule has 0 heterocycles. The highest BCUT2D eigenvalue weighted by molar-refractivity contribution is 5.69. The molecule has 96 valence electrons. The zero-order chi connectivity index (χ0) is 13.8. The number of hydrogen-bond acceptors (Lipinski definition) is 3. The van der Waals surface area contributed by atoms with Gasteiger partial charge in [0.15, 0.2) is 0 Å². The van der Waals surface area contributed by atoms with Gasteiger partial charge in [0.2, 0.25) is 0 Å². The Kier molecular flexibility index (Phi) is 4.21. The number of halogens is 3. The lowest BCUT2D eigenvalue weighted by Gasteiger charge is -2.09. The molecule has 3 nitrogen and oxygen atoms in total. The predicted molar refractivity (Wildman–Crippen MR) is 60.1 cm³/mol. The van der Waals surface area contributed by atoms with Crippen molar-refractivity contribution in [3.63, 3.8) is 0 Å². The van der Waals surface area contributed by atoms with Crippen LogP contribution in [-0.4, -0.2) is 6.36 Å². The number of rotatable bonds is 3. The van der Waals surface area contributed by atoms with Gasteiger partial charge in [-0.15, -0.1) is 13.2 Å². The number of allylic oxidation sites excluding steroid dienone is 1. The van der Waals surface area contributed by atoms with Crippen molar-refractivity contribution in [3.05, 3.63) is 35.4 Å². The standard InChI is InChI=1S/C12H11F3N2O/c1-2-8(7-16)11(17)9-3-5-10(6-4-9)18-12(13,14)15/h3-6H,2,17H2,1H3/b11-8-. The van der Waals surface area contributed by atoms with Crippen molar-refractivity contribution in [2.75, 3.05) is 0 Å². The number of nitrogens with zero attached hydrogens (tertiary/aromatic N) is 1. The molecule has 2 N–H and O–H groups in total. The first-order valence-corrected chi connectivity index (χ1v) is 5.12. The molecule has 6 heteroatoms. The van der Waals surface area contributed by atoms with E-state index in [9.17, 15) is 13.2 Å². The molecule has 0 aliphatic heterocycles. The molecule has 1 aromatic carbocycles. The first-order valence-electron chi connectivity index (χ1n) is 5.12. The summed E-state index contributed by atoms with van der Waals surface area (Å²) in [6.07, 6.45) is -4.26. The summed E-state index contributed by atoms with van der Waals surface area (Å²) in [5.41, 5.74) is 6.87. The summed E-state index contributed by atoms with van der Waals surface area (Å²) in [5, 5.41) is 8.80. The molecule has 0 aliphatic carbocycles. The molecular formula is C12H11F3N2O. The Morgan fingerprint density at radius 1 is 1.33 bits per heavy atom. The van der Waals surface area contributed by atoms with E-state index in [1.54, 1.807) is 6.92 Å². The van der Waals surface area contributed by atoms with Gasteiger partial charge in [-0.1, -0.05) is 6.92 Å². The van der Waals surface area contributed by atoms with Crippen molar-refractivity contribution in [2.24, 2.45) is 5.73 Å². The van der Waals surface area contributed by atoms with Crippen LogP contribution in [0.25, 0.3) is 5.70 Å². The molecule has 0 fully saturated rings. The van der Waals surface area contributed by atoms with Crippen molar-refractivity contribution in [3.8, 4) is 11.8 Å². The van der Waals surface area contributed by atoms with Crippen LogP contribution < -0.4 is 10.5 Å². The predicted octanol–water partition coefficient (Wildman–Crippen LogP) is 3.19. The average molecular weight is 256 g/mol. The number of nitriles is 1. The van der Waals surface area contributed by atoms with Crippen LogP contribution in [0.15, 0.2) is 29.8 Å². The second-order valence-corrected chi connectivity index (χ2v) is 3.43. The van der Waals surface area contributed by atoms with Crippen LogP contribution in [0.2, 0.25) is 0 Å². The van der Waals surface area contributed by atoms with Gasteiger partial charge in [0.05, 0.1) is 17.3 Å². The summed E-state index contributed by atoms with van der Waals surface area (Å²) >= 11 is 0. The van der Waals surface area contributed by atoms with Crippen LogP contribution in [0.1, 0.15) is 18.9 Å². The summed E-state index contributed by atoms with van der Waals surface area (Å²) in [6, 6.07) is 7.01. The Labute approximate surface area is 102 Å². The van der Waals surface area contributed by atoms with Crippen LogP contribution in [0, 0.1) is 11.3 Å². The monoisotopic (exact) mass is 256 g/mol. The fourth-order valence-electron chi connectivity index (χ4n) is 1.34. The topological polar surface area (TPSA) is 59.0 Å². The fourth-order valence-corrected chi connectivity index (χ4v) is 1.34. The summed E-state index contributed by atoms with van der Waals surface area (Å²) in [6.45, 7) is 1.77. The van der Waals surface area contributed by atoms with Crippen LogP contribution in [0.5, 0.6) is 5.75 Å². The van der Waals surface area contributed by atoms with Crippen molar-refractivity contribution in [2.45, 2.75) is 19.7 Å². The third kappa shape index (κ3) is 3.70. The maximum absolute atomic E-state index is 11.9. The average Bonchev–Trinajstić information content (AvgIpc) is 2.29. The highest BCUT2D eigenvalue weighted by atomic mass is 19.4. The Morgan fingerprint density at radius 2 is 1.89 bits per heavy atom. The van der Waals surface area contributed by atoms with Gasteiger partial charge >= 0.3 is 6.36 Å². The van der Waals surface area contributed by atoms with Crippen LogP contribution in [0.4, 0.5) is 13.2 Å². The Hall–Kier alpha value is -2.16. The molecule has 0 amide bonds. The van der Waals surface area contributed by atoms with E-state index < -0.39 is 6.36 Å². The zero-order valence-electron chi connectivity index (χ0n) is 9.58. The maximum atomic E-state index is 11.9. The number of ether oxygens (including phenoxy) is 1. The van der Waals surface area contributed by atoms with Gasteiger partial charge in [-0.25, -0.2) is 0 Å². The number of benzene rings is 1. The van der Waals surface area contributed by atoms with E-state index in [0.29, 0.717) is 17.6 Å². The largest absolute Gasteiger partial charge is 0.573 e. The normalized spacial score (nSPS) is 12.6. The van der Waals surface area contributed by atoms with Crippen molar-refractivity contribution in [1.29, 1.82) is 5.26 Å². The van der Waals surface area contributed by atoms with E-state index in [0.717, 1.165) is 12.1 Å². The molecule has 0 bridgehead atoms. The first-order chi connectivity index (χ1) is 8.37. The lowest BCUT2D eigenvalue weighted by Crippen LogP contribution is -2.17. The van der Waals surface area contributed by atoms with Gasteiger partial charge in [0, 0.05) is 0 Å². The van der Waals surface area contributed by atoms with Gasteiger partial charge in [0.25, 0.3) is 0 Å². The molecule has 0 unspecified atom stereocenters. The minimum Gasteiger partial charge on any atom is -0.406 e. The van der Waals surface area contributed by atoms with E-state index in [-0.39, 0.29) is 11.4 Å². The quantitative estimate of drug-likeness (QED) is 0.845. The second-order valence-electron chi connectivity index (χ2n) is 3.43. The van der Waals surface area contributed by atoms with Gasteiger partial charge in [-0.3, -0.25) is 0 Å².